The van der Waals surface area contributed by atoms with Gasteiger partial charge < -0.3 is 5.73 Å². The standard InChI is InChI=1S/C15H16BrNS/c1-11-6-2-3-7-12(11)14(17)10-18-15-9-5-4-8-13(15)16/h2-9,14H,10,17H2,1H3. The topological polar surface area (TPSA) is 26.0 Å². The van der Waals surface area contributed by atoms with E-state index in [1.165, 1.54) is 16.0 Å². The minimum Gasteiger partial charge on any atom is -0.323 e. The van der Waals surface area contributed by atoms with Crippen LogP contribution < -0.4 is 5.73 Å². The van der Waals surface area contributed by atoms with E-state index in [0.717, 1.165) is 10.2 Å². The molecule has 2 aromatic rings. The number of thioether (sulfide) groups is 1. The van der Waals surface area contributed by atoms with Gasteiger partial charge in [0.2, 0.25) is 0 Å². The SMILES string of the molecule is Cc1ccccc1C(N)CSc1ccccc1Br. The van der Waals surface area contributed by atoms with Crippen molar-refractivity contribution in [1.82, 2.24) is 0 Å². The highest BCUT2D eigenvalue weighted by Crippen LogP contribution is 2.30. The number of hydrogen-bond donors (Lipinski definition) is 1. The van der Waals surface area contributed by atoms with Crippen LogP contribution in [-0.2, 0) is 0 Å². The Kier molecular flexibility index (Phi) is 4.87. The second kappa shape index (κ2) is 6.41. The van der Waals surface area contributed by atoms with Crippen LogP contribution in [0.1, 0.15) is 17.2 Å². The summed E-state index contributed by atoms with van der Waals surface area (Å²) in [6.07, 6.45) is 0. The van der Waals surface area contributed by atoms with Gasteiger partial charge in [0.25, 0.3) is 0 Å². The van der Waals surface area contributed by atoms with Crippen LogP contribution in [0.3, 0.4) is 0 Å². The molecule has 3 heteroatoms. The van der Waals surface area contributed by atoms with Gasteiger partial charge in [0, 0.05) is 21.2 Å². The molecule has 94 valence electrons. The molecular weight excluding hydrogens is 306 g/mol. The molecule has 2 aromatic carbocycles. The molecule has 2 rings (SSSR count). The van der Waals surface area contributed by atoms with Gasteiger partial charge in [-0.3, -0.25) is 0 Å². The maximum absolute atomic E-state index is 6.26. The Bertz CT molecular complexity index is 527. The van der Waals surface area contributed by atoms with Crippen LogP contribution >= 0.6 is 27.7 Å². The Morgan fingerprint density at radius 3 is 2.50 bits per heavy atom. The summed E-state index contributed by atoms with van der Waals surface area (Å²) in [6.45, 7) is 2.11. The minimum absolute atomic E-state index is 0.0725. The van der Waals surface area contributed by atoms with Crippen molar-refractivity contribution in [2.75, 3.05) is 5.75 Å². The molecule has 1 unspecified atom stereocenters. The van der Waals surface area contributed by atoms with Crippen molar-refractivity contribution >= 4 is 27.7 Å². The quantitative estimate of drug-likeness (QED) is 0.836. The lowest BCUT2D eigenvalue weighted by Gasteiger charge is -2.14. The largest absolute Gasteiger partial charge is 0.323 e. The fraction of sp³-hybridized carbons (Fsp3) is 0.200. The van der Waals surface area contributed by atoms with Crippen LogP contribution in [0.25, 0.3) is 0 Å². The molecule has 1 nitrogen and oxygen atoms in total. The summed E-state index contributed by atoms with van der Waals surface area (Å²) in [5.74, 6) is 0.882. The number of benzene rings is 2. The lowest BCUT2D eigenvalue weighted by atomic mass is 10.0. The van der Waals surface area contributed by atoms with Gasteiger partial charge in [-0.2, -0.15) is 0 Å². The molecule has 0 spiro atoms. The van der Waals surface area contributed by atoms with E-state index in [1.54, 1.807) is 11.8 Å². The predicted octanol–water partition coefficient (Wildman–Crippen LogP) is 4.55. The highest BCUT2D eigenvalue weighted by Gasteiger charge is 2.09. The van der Waals surface area contributed by atoms with E-state index < -0.39 is 0 Å². The first-order valence-corrected chi connectivity index (χ1v) is 7.65. The normalized spacial score (nSPS) is 12.4. The number of aryl methyl sites for hydroxylation is 1. The third kappa shape index (κ3) is 3.37. The van der Waals surface area contributed by atoms with E-state index in [-0.39, 0.29) is 6.04 Å². The Morgan fingerprint density at radius 2 is 1.78 bits per heavy atom. The minimum atomic E-state index is 0.0725. The van der Waals surface area contributed by atoms with Crippen LogP contribution in [0.2, 0.25) is 0 Å². The molecule has 0 heterocycles. The summed E-state index contributed by atoms with van der Waals surface area (Å²) in [7, 11) is 0. The zero-order valence-corrected chi connectivity index (χ0v) is 12.7. The fourth-order valence-corrected chi connectivity index (χ4v) is 3.38. The van der Waals surface area contributed by atoms with Gasteiger partial charge in [0.15, 0.2) is 0 Å². The first-order chi connectivity index (χ1) is 8.68. The average Bonchev–Trinajstić information content (AvgIpc) is 2.38. The molecular formula is C15H16BrNS. The van der Waals surface area contributed by atoms with E-state index in [4.69, 9.17) is 5.73 Å². The molecule has 0 aromatic heterocycles. The summed E-state index contributed by atoms with van der Waals surface area (Å²) in [5, 5.41) is 0. The molecule has 0 saturated carbocycles. The molecule has 0 aliphatic carbocycles. The molecule has 1 atom stereocenters. The molecule has 0 saturated heterocycles. The fourth-order valence-electron chi connectivity index (χ4n) is 1.83. The third-order valence-electron chi connectivity index (χ3n) is 2.84. The maximum Gasteiger partial charge on any atom is 0.0392 e. The zero-order chi connectivity index (χ0) is 13.0. The van der Waals surface area contributed by atoms with Crippen molar-refractivity contribution in [3.63, 3.8) is 0 Å². The first kappa shape index (κ1) is 13.7. The lowest BCUT2D eigenvalue weighted by Crippen LogP contribution is -2.14. The second-order valence-corrected chi connectivity index (χ2v) is 6.12. The first-order valence-electron chi connectivity index (χ1n) is 5.87. The monoisotopic (exact) mass is 321 g/mol. The Balaban J connectivity index is 2.03. The average molecular weight is 322 g/mol. The van der Waals surface area contributed by atoms with Crippen LogP contribution in [0.15, 0.2) is 57.9 Å². The molecule has 18 heavy (non-hydrogen) atoms. The van der Waals surface area contributed by atoms with E-state index >= 15 is 0 Å². The van der Waals surface area contributed by atoms with E-state index in [0.29, 0.717) is 0 Å². The molecule has 0 bridgehead atoms. The van der Waals surface area contributed by atoms with Crippen molar-refractivity contribution in [1.29, 1.82) is 0 Å². The van der Waals surface area contributed by atoms with Gasteiger partial charge in [-0.25, -0.2) is 0 Å². The Morgan fingerprint density at radius 1 is 1.11 bits per heavy atom. The summed E-state index contributed by atoms with van der Waals surface area (Å²) < 4.78 is 1.13. The number of nitrogens with two attached hydrogens (primary N) is 1. The van der Waals surface area contributed by atoms with Crippen molar-refractivity contribution in [2.24, 2.45) is 5.73 Å². The number of rotatable bonds is 4. The number of halogens is 1. The highest BCUT2D eigenvalue weighted by atomic mass is 79.9. The van der Waals surface area contributed by atoms with Gasteiger partial charge in [-0.1, -0.05) is 36.4 Å². The third-order valence-corrected chi connectivity index (χ3v) is 4.99. The van der Waals surface area contributed by atoms with Crippen molar-refractivity contribution in [3.05, 3.63) is 64.1 Å². The molecule has 0 fully saturated rings. The van der Waals surface area contributed by atoms with Gasteiger partial charge >= 0.3 is 0 Å². The van der Waals surface area contributed by atoms with Crippen molar-refractivity contribution in [3.8, 4) is 0 Å². The van der Waals surface area contributed by atoms with Crippen LogP contribution in [0.5, 0.6) is 0 Å². The van der Waals surface area contributed by atoms with E-state index in [2.05, 4.69) is 47.1 Å². The van der Waals surface area contributed by atoms with Crippen LogP contribution in [-0.4, -0.2) is 5.75 Å². The summed E-state index contributed by atoms with van der Waals surface area (Å²) >= 11 is 5.34. The van der Waals surface area contributed by atoms with Crippen molar-refractivity contribution in [2.45, 2.75) is 17.9 Å². The summed E-state index contributed by atoms with van der Waals surface area (Å²) in [6, 6.07) is 16.6. The van der Waals surface area contributed by atoms with Gasteiger partial charge in [-0.15, -0.1) is 11.8 Å². The summed E-state index contributed by atoms with van der Waals surface area (Å²) in [4.78, 5) is 1.24. The molecule has 0 amide bonds. The zero-order valence-electron chi connectivity index (χ0n) is 10.3. The second-order valence-electron chi connectivity index (χ2n) is 4.20. The van der Waals surface area contributed by atoms with E-state index in [9.17, 15) is 0 Å². The van der Waals surface area contributed by atoms with Gasteiger partial charge in [0.05, 0.1) is 0 Å². The van der Waals surface area contributed by atoms with Gasteiger partial charge in [0.1, 0.15) is 0 Å². The van der Waals surface area contributed by atoms with Crippen molar-refractivity contribution < 1.29 is 0 Å². The van der Waals surface area contributed by atoms with E-state index in [1.807, 2.05) is 24.3 Å². The van der Waals surface area contributed by atoms with Crippen LogP contribution in [0, 0.1) is 6.92 Å². The molecule has 0 aliphatic rings. The lowest BCUT2D eigenvalue weighted by molar-refractivity contribution is 0.822. The highest BCUT2D eigenvalue weighted by molar-refractivity contribution is 9.10. The predicted molar refractivity (Wildman–Crippen MR) is 83.0 cm³/mol. The number of hydrogen-bond acceptors (Lipinski definition) is 2. The maximum atomic E-state index is 6.26. The molecule has 0 aliphatic heterocycles. The van der Waals surface area contributed by atoms with Gasteiger partial charge in [-0.05, 0) is 46.1 Å². The summed E-state index contributed by atoms with van der Waals surface area (Å²) in [5.41, 5.74) is 8.75. The Hall–Kier alpha value is -0.770. The Labute approximate surface area is 121 Å². The molecule has 0 radical (unpaired) electrons. The molecule has 2 N–H and O–H groups in total. The smallest absolute Gasteiger partial charge is 0.0392 e. The van der Waals surface area contributed by atoms with Crippen LogP contribution in [0.4, 0.5) is 0 Å².